The number of benzene rings is 1. The number of para-hydroxylation sites is 1. The molecule has 0 aliphatic heterocycles. The van der Waals surface area contributed by atoms with Crippen LogP contribution in [0.15, 0.2) is 48.0 Å². The Labute approximate surface area is 168 Å². The summed E-state index contributed by atoms with van der Waals surface area (Å²) in [6.07, 6.45) is 1.94. The van der Waals surface area contributed by atoms with E-state index in [9.17, 15) is 9.59 Å². The third-order valence-electron chi connectivity index (χ3n) is 4.17. The van der Waals surface area contributed by atoms with Crippen LogP contribution in [0.3, 0.4) is 0 Å². The summed E-state index contributed by atoms with van der Waals surface area (Å²) in [6, 6.07) is 11.5. The molecule has 0 spiro atoms. The predicted molar refractivity (Wildman–Crippen MR) is 109 cm³/mol. The maximum absolute atomic E-state index is 12.3. The van der Waals surface area contributed by atoms with Gasteiger partial charge in [0.15, 0.2) is 10.6 Å². The predicted octanol–water partition coefficient (Wildman–Crippen LogP) is 2.54. The van der Waals surface area contributed by atoms with Gasteiger partial charge < -0.3 is 4.98 Å². The summed E-state index contributed by atoms with van der Waals surface area (Å²) < 4.78 is 1.92. The SMILES string of the molecule is O=C(Cc1c[nH]c2ccccc12)NNC(=O)Cn1c(-c2cccs2)n[nH]c1=S. The standard InChI is InChI=1S/C18H16N6O2S2/c25-15(8-11-9-19-13-5-2-1-4-12(11)13)20-21-16(26)10-24-17(22-23-18(24)27)14-6-3-7-28-14/h1-7,9,19H,8,10H2,(H,20,25)(H,21,26)(H,23,27). The molecule has 0 unspecified atom stereocenters. The van der Waals surface area contributed by atoms with Crippen molar-refractivity contribution >= 4 is 46.3 Å². The molecule has 2 amide bonds. The number of fused-ring (bicyclic) bond motifs is 1. The lowest BCUT2D eigenvalue weighted by Crippen LogP contribution is -2.43. The number of aromatic nitrogens is 4. The van der Waals surface area contributed by atoms with E-state index in [1.165, 1.54) is 11.3 Å². The molecule has 0 fully saturated rings. The molecule has 0 saturated heterocycles. The molecule has 3 aromatic heterocycles. The second kappa shape index (κ2) is 7.79. The molecule has 4 aromatic rings. The largest absolute Gasteiger partial charge is 0.361 e. The Morgan fingerprint density at radius 2 is 1.96 bits per heavy atom. The Hall–Kier alpha value is -3.24. The zero-order chi connectivity index (χ0) is 19.5. The number of H-pyrrole nitrogens is 2. The van der Waals surface area contributed by atoms with E-state index in [0.717, 1.165) is 21.3 Å². The third kappa shape index (κ3) is 3.73. The summed E-state index contributed by atoms with van der Waals surface area (Å²) in [6.45, 7) is -0.0596. The van der Waals surface area contributed by atoms with Crippen LogP contribution in [-0.2, 0) is 22.6 Å². The molecule has 8 nitrogen and oxygen atoms in total. The van der Waals surface area contributed by atoms with Gasteiger partial charge in [-0.05, 0) is 35.3 Å². The summed E-state index contributed by atoms with van der Waals surface area (Å²) in [5, 5.41) is 9.76. The molecule has 0 aliphatic carbocycles. The highest BCUT2D eigenvalue weighted by molar-refractivity contribution is 7.71. The molecule has 10 heteroatoms. The zero-order valence-electron chi connectivity index (χ0n) is 14.6. The number of nitrogens with zero attached hydrogens (tertiary/aromatic N) is 2. The van der Waals surface area contributed by atoms with E-state index >= 15 is 0 Å². The molecule has 28 heavy (non-hydrogen) atoms. The summed E-state index contributed by atoms with van der Waals surface area (Å²) in [5.41, 5.74) is 6.69. The molecule has 0 bridgehead atoms. The minimum absolute atomic E-state index is 0.0596. The average molecular weight is 413 g/mol. The number of hydrogen-bond acceptors (Lipinski definition) is 5. The lowest BCUT2D eigenvalue weighted by molar-refractivity contribution is -0.128. The molecule has 142 valence electrons. The van der Waals surface area contributed by atoms with Gasteiger partial charge in [-0.2, -0.15) is 5.10 Å². The number of carbonyl (C=O) groups is 2. The van der Waals surface area contributed by atoms with Gasteiger partial charge in [0.2, 0.25) is 5.91 Å². The second-order valence-corrected chi connectivity index (χ2v) is 7.38. The van der Waals surface area contributed by atoms with Gasteiger partial charge in [-0.15, -0.1) is 11.3 Å². The summed E-state index contributed by atoms with van der Waals surface area (Å²) >= 11 is 6.70. The van der Waals surface area contributed by atoms with Crippen LogP contribution >= 0.6 is 23.6 Å². The molecular weight excluding hydrogens is 396 g/mol. The van der Waals surface area contributed by atoms with Crippen molar-refractivity contribution < 1.29 is 9.59 Å². The van der Waals surface area contributed by atoms with Gasteiger partial charge in [-0.1, -0.05) is 24.3 Å². The number of rotatable bonds is 5. The van der Waals surface area contributed by atoms with Crippen molar-refractivity contribution in [2.75, 3.05) is 0 Å². The number of amides is 2. The molecule has 3 heterocycles. The zero-order valence-corrected chi connectivity index (χ0v) is 16.2. The van der Waals surface area contributed by atoms with Crippen LogP contribution in [-0.4, -0.2) is 31.6 Å². The van der Waals surface area contributed by atoms with Gasteiger partial charge in [0.05, 0.1) is 11.3 Å². The van der Waals surface area contributed by atoms with Gasteiger partial charge in [-0.25, -0.2) is 0 Å². The van der Waals surface area contributed by atoms with Gasteiger partial charge in [0, 0.05) is 17.1 Å². The highest BCUT2D eigenvalue weighted by Gasteiger charge is 2.14. The molecule has 0 aliphatic rings. The van der Waals surface area contributed by atoms with Crippen molar-refractivity contribution in [3.05, 3.63) is 58.3 Å². The summed E-state index contributed by atoms with van der Waals surface area (Å²) in [7, 11) is 0. The highest BCUT2D eigenvalue weighted by Crippen LogP contribution is 2.22. The van der Waals surface area contributed by atoms with Gasteiger partial charge in [0.25, 0.3) is 5.91 Å². The van der Waals surface area contributed by atoms with E-state index in [2.05, 4.69) is 26.0 Å². The first-order valence-corrected chi connectivity index (χ1v) is 9.72. The molecular formula is C18H16N6O2S2. The Kier molecular flexibility index (Phi) is 5.04. The smallest absolute Gasteiger partial charge is 0.258 e. The van der Waals surface area contributed by atoms with Crippen LogP contribution in [0, 0.1) is 4.77 Å². The van der Waals surface area contributed by atoms with Crippen LogP contribution in [0.4, 0.5) is 0 Å². The fourth-order valence-electron chi connectivity index (χ4n) is 2.88. The van der Waals surface area contributed by atoms with E-state index < -0.39 is 5.91 Å². The van der Waals surface area contributed by atoms with E-state index in [1.807, 2.05) is 41.8 Å². The first kappa shape index (κ1) is 18.1. The monoisotopic (exact) mass is 412 g/mol. The van der Waals surface area contributed by atoms with E-state index in [1.54, 1.807) is 10.8 Å². The van der Waals surface area contributed by atoms with Crippen molar-refractivity contribution in [3.63, 3.8) is 0 Å². The highest BCUT2D eigenvalue weighted by atomic mass is 32.1. The maximum atomic E-state index is 12.3. The van der Waals surface area contributed by atoms with Crippen LogP contribution in [0.5, 0.6) is 0 Å². The van der Waals surface area contributed by atoms with Crippen molar-refractivity contribution in [3.8, 4) is 10.7 Å². The van der Waals surface area contributed by atoms with Crippen molar-refractivity contribution in [2.24, 2.45) is 0 Å². The van der Waals surface area contributed by atoms with Crippen LogP contribution in [0.25, 0.3) is 21.6 Å². The molecule has 4 N–H and O–H groups in total. The number of carbonyl (C=O) groups excluding carboxylic acids is 2. The maximum Gasteiger partial charge on any atom is 0.258 e. The first-order chi connectivity index (χ1) is 13.6. The number of hydrazine groups is 1. The van der Waals surface area contributed by atoms with Crippen molar-refractivity contribution in [1.29, 1.82) is 0 Å². The lowest BCUT2D eigenvalue weighted by atomic mass is 10.1. The quantitative estimate of drug-likeness (QED) is 0.298. The summed E-state index contributed by atoms with van der Waals surface area (Å²) in [5.74, 6) is -0.129. The molecule has 0 atom stereocenters. The van der Waals surface area contributed by atoms with Crippen LogP contribution in [0.2, 0.25) is 0 Å². The molecule has 0 radical (unpaired) electrons. The van der Waals surface area contributed by atoms with Gasteiger partial charge >= 0.3 is 0 Å². The van der Waals surface area contributed by atoms with Crippen molar-refractivity contribution in [2.45, 2.75) is 13.0 Å². The second-order valence-electron chi connectivity index (χ2n) is 6.05. The summed E-state index contributed by atoms with van der Waals surface area (Å²) in [4.78, 5) is 28.5. The normalized spacial score (nSPS) is 10.9. The van der Waals surface area contributed by atoms with Crippen LogP contribution < -0.4 is 10.9 Å². The van der Waals surface area contributed by atoms with E-state index in [4.69, 9.17) is 12.2 Å². The number of hydrogen-bond donors (Lipinski definition) is 4. The van der Waals surface area contributed by atoms with E-state index in [-0.39, 0.29) is 18.9 Å². The molecule has 1 aromatic carbocycles. The first-order valence-electron chi connectivity index (χ1n) is 8.43. The average Bonchev–Trinajstić information content (AvgIpc) is 3.42. The Morgan fingerprint density at radius 3 is 2.79 bits per heavy atom. The number of aromatic amines is 2. The lowest BCUT2D eigenvalue weighted by Gasteiger charge is -2.09. The third-order valence-corrected chi connectivity index (χ3v) is 5.35. The number of nitrogens with one attached hydrogen (secondary N) is 4. The Bertz CT molecular complexity index is 1190. The minimum atomic E-state index is -0.400. The fourth-order valence-corrected chi connectivity index (χ4v) is 3.79. The van der Waals surface area contributed by atoms with Gasteiger partial charge in [-0.3, -0.25) is 30.1 Å². The van der Waals surface area contributed by atoms with Gasteiger partial charge in [0.1, 0.15) is 6.54 Å². The molecule has 4 rings (SSSR count). The topological polar surface area (TPSA) is 108 Å². The Balaban J connectivity index is 1.37. The minimum Gasteiger partial charge on any atom is -0.361 e. The van der Waals surface area contributed by atoms with Crippen molar-refractivity contribution in [1.82, 2.24) is 30.6 Å². The van der Waals surface area contributed by atoms with E-state index in [0.29, 0.717) is 10.6 Å². The molecule has 0 saturated carbocycles. The fraction of sp³-hybridized carbons (Fsp3) is 0.111. The number of thiophene rings is 1. The van der Waals surface area contributed by atoms with Crippen LogP contribution in [0.1, 0.15) is 5.56 Å². The Morgan fingerprint density at radius 1 is 1.14 bits per heavy atom.